The Morgan fingerprint density at radius 1 is 1.23 bits per heavy atom. The zero-order valence-electron chi connectivity index (χ0n) is 12.2. The van der Waals surface area contributed by atoms with E-state index in [4.69, 9.17) is 5.73 Å². The second-order valence-corrected chi connectivity index (χ2v) is 5.96. The van der Waals surface area contributed by atoms with Crippen LogP contribution in [-0.2, 0) is 4.79 Å². The average molecular weight is 316 g/mol. The summed E-state index contributed by atoms with van der Waals surface area (Å²) in [4.78, 5) is 31.2. The number of nitrogens with one attached hydrogen (secondary N) is 1. The van der Waals surface area contributed by atoms with Crippen LogP contribution in [0.4, 0.5) is 4.79 Å². The number of carbonyl (C=O) groups is 2. The Morgan fingerprint density at radius 3 is 2.55 bits per heavy atom. The number of amides is 3. The van der Waals surface area contributed by atoms with Crippen LogP contribution in [-0.4, -0.2) is 27.2 Å². The Labute approximate surface area is 132 Å². The highest BCUT2D eigenvalue weighted by molar-refractivity contribution is 8.00. The van der Waals surface area contributed by atoms with E-state index in [0.717, 1.165) is 17.0 Å². The van der Waals surface area contributed by atoms with Crippen molar-refractivity contribution in [3.63, 3.8) is 0 Å². The van der Waals surface area contributed by atoms with E-state index in [2.05, 4.69) is 9.97 Å². The smallest absolute Gasteiger partial charge is 0.318 e. The molecule has 22 heavy (non-hydrogen) atoms. The number of aryl methyl sites for hydroxylation is 1. The molecule has 3 N–H and O–H groups in total. The highest BCUT2D eigenvalue weighted by Gasteiger charge is 2.18. The summed E-state index contributed by atoms with van der Waals surface area (Å²) in [7, 11) is 0. The summed E-state index contributed by atoms with van der Waals surface area (Å²) in [5.41, 5.74) is 7.51. The summed E-state index contributed by atoms with van der Waals surface area (Å²) in [5, 5.41) is 2.00. The lowest BCUT2D eigenvalue weighted by Crippen LogP contribution is -2.39. The van der Waals surface area contributed by atoms with Crippen molar-refractivity contribution >= 4 is 23.7 Å². The summed E-state index contributed by atoms with van der Waals surface area (Å²) in [6.45, 7) is 3.53. The van der Waals surface area contributed by atoms with Gasteiger partial charge in [0.2, 0.25) is 5.91 Å². The Hall–Kier alpha value is -2.41. The van der Waals surface area contributed by atoms with E-state index >= 15 is 0 Å². The van der Waals surface area contributed by atoms with Crippen LogP contribution in [0.3, 0.4) is 0 Å². The second kappa shape index (κ2) is 7.04. The Bertz CT molecular complexity index is 691. The predicted molar refractivity (Wildman–Crippen MR) is 85.3 cm³/mol. The maximum atomic E-state index is 11.7. The minimum Gasteiger partial charge on any atom is -0.351 e. The summed E-state index contributed by atoms with van der Waals surface area (Å²) in [5.74, 6) is -0.469. The van der Waals surface area contributed by atoms with Gasteiger partial charge in [0.15, 0.2) is 5.16 Å². The van der Waals surface area contributed by atoms with Crippen molar-refractivity contribution in [1.29, 1.82) is 0 Å². The van der Waals surface area contributed by atoms with Crippen LogP contribution >= 0.6 is 11.8 Å². The zero-order valence-corrected chi connectivity index (χ0v) is 13.1. The normalized spacial score (nSPS) is 11.7. The summed E-state index contributed by atoms with van der Waals surface area (Å²) in [6.07, 6.45) is 0. The van der Waals surface area contributed by atoms with E-state index in [9.17, 15) is 9.59 Å². The fourth-order valence-electron chi connectivity index (χ4n) is 1.79. The number of imide groups is 1. The molecule has 0 saturated heterocycles. The standard InChI is InChI=1S/C15H16N4O2S/c1-9-8-12(11-6-4-3-5-7-11)18-15(17-9)22-10(2)13(20)19-14(16)21/h3-8,10H,1-2H3,(H3,16,19,20,21)/t10-/m0/s1. The van der Waals surface area contributed by atoms with Crippen molar-refractivity contribution < 1.29 is 9.59 Å². The fourth-order valence-corrected chi connectivity index (χ4v) is 2.62. The van der Waals surface area contributed by atoms with Crippen LogP contribution in [0, 0.1) is 6.92 Å². The van der Waals surface area contributed by atoms with Gasteiger partial charge in [-0.25, -0.2) is 14.8 Å². The molecular formula is C15H16N4O2S. The van der Waals surface area contributed by atoms with E-state index in [-0.39, 0.29) is 0 Å². The van der Waals surface area contributed by atoms with Crippen molar-refractivity contribution in [2.75, 3.05) is 0 Å². The SMILES string of the molecule is Cc1cc(-c2ccccc2)nc(S[C@@H](C)C(=O)NC(N)=O)n1. The molecule has 114 valence electrons. The molecule has 0 bridgehead atoms. The van der Waals surface area contributed by atoms with Gasteiger partial charge in [-0.3, -0.25) is 10.1 Å². The van der Waals surface area contributed by atoms with Crippen molar-refractivity contribution in [2.45, 2.75) is 24.3 Å². The fraction of sp³-hybridized carbons (Fsp3) is 0.200. The first-order chi connectivity index (χ1) is 10.5. The van der Waals surface area contributed by atoms with Crippen LogP contribution in [0.5, 0.6) is 0 Å². The molecule has 0 aliphatic carbocycles. The van der Waals surface area contributed by atoms with Gasteiger partial charge in [-0.1, -0.05) is 42.1 Å². The van der Waals surface area contributed by atoms with Gasteiger partial charge in [-0.05, 0) is 19.9 Å². The van der Waals surface area contributed by atoms with Gasteiger partial charge >= 0.3 is 6.03 Å². The predicted octanol–water partition coefficient (Wildman–Crippen LogP) is 2.13. The van der Waals surface area contributed by atoms with E-state index in [1.54, 1.807) is 6.92 Å². The van der Waals surface area contributed by atoms with Crippen LogP contribution in [0.1, 0.15) is 12.6 Å². The number of rotatable bonds is 4. The molecule has 7 heteroatoms. The molecule has 0 aliphatic heterocycles. The first-order valence-electron chi connectivity index (χ1n) is 6.64. The zero-order chi connectivity index (χ0) is 16.1. The summed E-state index contributed by atoms with van der Waals surface area (Å²) < 4.78 is 0. The second-order valence-electron chi connectivity index (χ2n) is 4.66. The van der Waals surface area contributed by atoms with Gasteiger partial charge in [-0.2, -0.15) is 0 Å². The van der Waals surface area contributed by atoms with Gasteiger partial charge in [0.1, 0.15) is 0 Å². The topological polar surface area (TPSA) is 98.0 Å². The lowest BCUT2D eigenvalue weighted by atomic mass is 10.1. The van der Waals surface area contributed by atoms with Gasteiger partial charge in [0.05, 0.1) is 10.9 Å². The van der Waals surface area contributed by atoms with Crippen LogP contribution < -0.4 is 11.1 Å². The molecule has 3 amide bonds. The molecular weight excluding hydrogens is 300 g/mol. The molecule has 1 atom stereocenters. The monoisotopic (exact) mass is 316 g/mol. The highest BCUT2D eigenvalue weighted by atomic mass is 32.2. The van der Waals surface area contributed by atoms with Gasteiger partial charge in [0.25, 0.3) is 0 Å². The van der Waals surface area contributed by atoms with E-state index in [1.807, 2.05) is 48.6 Å². The van der Waals surface area contributed by atoms with E-state index in [0.29, 0.717) is 5.16 Å². The van der Waals surface area contributed by atoms with Gasteiger partial charge in [0, 0.05) is 11.3 Å². The Morgan fingerprint density at radius 2 is 1.91 bits per heavy atom. The molecule has 1 heterocycles. The van der Waals surface area contributed by atoms with E-state index in [1.165, 1.54) is 11.8 Å². The molecule has 2 rings (SSSR count). The van der Waals surface area contributed by atoms with Gasteiger partial charge < -0.3 is 5.73 Å². The molecule has 1 aromatic carbocycles. The van der Waals surface area contributed by atoms with Crippen molar-refractivity contribution in [2.24, 2.45) is 5.73 Å². The molecule has 0 radical (unpaired) electrons. The molecule has 0 spiro atoms. The molecule has 0 saturated carbocycles. The number of aromatic nitrogens is 2. The third-order valence-corrected chi connectivity index (χ3v) is 3.76. The average Bonchev–Trinajstić information content (AvgIpc) is 2.46. The Balaban J connectivity index is 2.20. The van der Waals surface area contributed by atoms with Crippen LogP contribution in [0.25, 0.3) is 11.3 Å². The van der Waals surface area contributed by atoms with Gasteiger partial charge in [-0.15, -0.1) is 0 Å². The summed E-state index contributed by atoms with van der Waals surface area (Å²) in [6, 6.07) is 10.7. The minimum absolute atomic E-state index is 0.469. The number of carbonyl (C=O) groups excluding carboxylic acids is 2. The maximum Gasteiger partial charge on any atom is 0.318 e. The third kappa shape index (κ3) is 4.29. The van der Waals surface area contributed by atoms with Crippen molar-refractivity contribution in [3.8, 4) is 11.3 Å². The summed E-state index contributed by atoms with van der Waals surface area (Å²) >= 11 is 1.17. The number of hydrogen-bond donors (Lipinski definition) is 2. The Kier molecular flexibility index (Phi) is 5.11. The minimum atomic E-state index is -0.868. The quantitative estimate of drug-likeness (QED) is 0.665. The first kappa shape index (κ1) is 16.0. The number of primary amides is 1. The molecule has 2 aromatic rings. The van der Waals surface area contributed by atoms with Crippen LogP contribution in [0.15, 0.2) is 41.6 Å². The highest BCUT2D eigenvalue weighted by Crippen LogP contribution is 2.24. The largest absolute Gasteiger partial charge is 0.351 e. The number of nitrogens with zero attached hydrogens (tertiary/aromatic N) is 2. The van der Waals surface area contributed by atoms with Crippen molar-refractivity contribution in [1.82, 2.24) is 15.3 Å². The lowest BCUT2D eigenvalue weighted by molar-refractivity contribution is -0.119. The molecule has 6 nitrogen and oxygen atoms in total. The van der Waals surface area contributed by atoms with Crippen LogP contribution in [0.2, 0.25) is 0 Å². The van der Waals surface area contributed by atoms with E-state index < -0.39 is 17.2 Å². The maximum absolute atomic E-state index is 11.7. The number of benzene rings is 1. The number of nitrogens with two attached hydrogens (primary N) is 1. The lowest BCUT2D eigenvalue weighted by Gasteiger charge is -2.10. The first-order valence-corrected chi connectivity index (χ1v) is 7.51. The number of hydrogen-bond acceptors (Lipinski definition) is 5. The number of thioether (sulfide) groups is 1. The molecule has 1 aromatic heterocycles. The third-order valence-electron chi connectivity index (χ3n) is 2.80. The molecule has 0 fully saturated rings. The van der Waals surface area contributed by atoms with Crippen molar-refractivity contribution in [3.05, 3.63) is 42.1 Å². The molecule has 0 unspecified atom stereocenters. The number of urea groups is 1. The molecule has 0 aliphatic rings.